The van der Waals surface area contributed by atoms with E-state index in [0.29, 0.717) is 12.5 Å². The van der Waals surface area contributed by atoms with Crippen LogP contribution in [0.4, 0.5) is 4.39 Å². The quantitative estimate of drug-likeness (QED) is 0.349. The van der Waals surface area contributed by atoms with Crippen LogP contribution in [-0.2, 0) is 0 Å². The van der Waals surface area contributed by atoms with Crippen LogP contribution in [-0.4, -0.2) is 24.2 Å². The molecule has 2 atom stereocenters. The molecule has 2 rings (SSSR count). The van der Waals surface area contributed by atoms with Crippen LogP contribution in [0.5, 0.6) is 0 Å². The number of rotatable bonds is 6. The van der Waals surface area contributed by atoms with Gasteiger partial charge >= 0.3 is 0 Å². The van der Waals surface area contributed by atoms with Gasteiger partial charge in [-0.2, -0.15) is 0 Å². The van der Waals surface area contributed by atoms with Crippen LogP contribution >= 0.6 is 24.0 Å². The maximum Gasteiger partial charge on any atom is 0.191 e. The molecule has 3 N–H and O–H groups in total. The Bertz CT molecular complexity index is 690. The van der Waals surface area contributed by atoms with Crippen molar-refractivity contribution in [2.24, 2.45) is 4.99 Å². The number of aliphatic hydroxyl groups is 1. The van der Waals surface area contributed by atoms with Crippen molar-refractivity contribution >= 4 is 29.9 Å². The summed E-state index contributed by atoms with van der Waals surface area (Å²) in [5, 5.41) is 16.5. The van der Waals surface area contributed by atoms with E-state index in [1.54, 1.807) is 18.2 Å². The highest BCUT2D eigenvalue weighted by Gasteiger charge is 2.14. The molecule has 7 heteroatoms. The minimum absolute atomic E-state index is 0. The monoisotopic (exact) mass is 461 g/mol. The van der Waals surface area contributed by atoms with Crippen LogP contribution in [0.25, 0.3) is 0 Å². The molecule has 1 heterocycles. The van der Waals surface area contributed by atoms with E-state index in [0.717, 1.165) is 11.5 Å². The summed E-state index contributed by atoms with van der Waals surface area (Å²) in [7, 11) is 0. The van der Waals surface area contributed by atoms with Crippen molar-refractivity contribution in [1.29, 1.82) is 0 Å². The summed E-state index contributed by atoms with van der Waals surface area (Å²) in [6.07, 6.45) is -0.997. The second-order valence-electron chi connectivity index (χ2n) is 5.57. The van der Waals surface area contributed by atoms with E-state index in [9.17, 15) is 9.50 Å². The molecule has 0 aliphatic heterocycles. The van der Waals surface area contributed by atoms with Crippen molar-refractivity contribution in [2.75, 3.05) is 13.1 Å². The van der Waals surface area contributed by atoms with Gasteiger partial charge in [0.05, 0.1) is 12.6 Å². The van der Waals surface area contributed by atoms with E-state index in [4.69, 9.17) is 4.42 Å². The molecule has 0 spiro atoms. The lowest BCUT2D eigenvalue weighted by molar-refractivity contribution is 0.182. The first-order valence-corrected chi connectivity index (χ1v) is 8.05. The SMILES string of the molecule is CCNC(=NCC(O)c1ccccc1F)NC(C)c1ccc(C)o1.I. The smallest absolute Gasteiger partial charge is 0.191 e. The fraction of sp³-hybridized carbons (Fsp3) is 0.389. The third kappa shape index (κ3) is 6.32. The van der Waals surface area contributed by atoms with Crippen molar-refractivity contribution in [1.82, 2.24) is 10.6 Å². The Hall–Kier alpha value is -1.61. The van der Waals surface area contributed by atoms with Gasteiger partial charge in [-0.15, -0.1) is 24.0 Å². The lowest BCUT2D eigenvalue weighted by Gasteiger charge is -2.17. The van der Waals surface area contributed by atoms with E-state index >= 15 is 0 Å². The molecule has 0 fully saturated rings. The van der Waals surface area contributed by atoms with Crippen molar-refractivity contribution < 1.29 is 13.9 Å². The van der Waals surface area contributed by atoms with Gasteiger partial charge in [0.25, 0.3) is 0 Å². The third-order valence-corrected chi connectivity index (χ3v) is 3.57. The number of aliphatic imine (C=N–C) groups is 1. The zero-order valence-corrected chi connectivity index (χ0v) is 17.0. The predicted octanol–water partition coefficient (Wildman–Crippen LogP) is 3.69. The number of benzene rings is 1. The fourth-order valence-corrected chi connectivity index (χ4v) is 2.30. The van der Waals surface area contributed by atoms with Gasteiger partial charge in [0, 0.05) is 12.1 Å². The Labute approximate surface area is 164 Å². The zero-order chi connectivity index (χ0) is 17.5. The molecule has 0 bridgehead atoms. The summed E-state index contributed by atoms with van der Waals surface area (Å²) < 4.78 is 19.3. The summed E-state index contributed by atoms with van der Waals surface area (Å²) >= 11 is 0. The molecular formula is C18H25FIN3O2. The van der Waals surface area contributed by atoms with Crippen LogP contribution < -0.4 is 10.6 Å². The fourth-order valence-electron chi connectivity index (χ4n) is 2.30. The molecule has 0 saturated heterocycles. The zero-order valence-electron chi connectivity index (χ0n) is 14.6. The first kappa shape index (κ1) is 21.4. The standard InChI is InChI=1S/C18H24FN3O2.HI/c1-4-20-18(22-13(3)17-10-9-12(2)24-17)21-11-16(23)14-7-5-6-8-15(14)19;/h5-10,13,16,23H,4,11H2,1-3H3,(H2,20,21,22);1H. The van der Waals surface area contributed by atoms with Crippen molar-refractivity contribution in [2.45, 2.75) is 32.9 Å². The largest absolute Gasteiger partial charge is 0.464 e. The Kier molecular flexibility index (Phi) is 8.91. The molecule has 0 radical (unpaired) electrons. The van der Waals surface area contributed by atoms with Crippen LogP contribution in [0.1, 0.15) is 43.1 Å². The van der Waals surface area contributed by atoms with E-state index in [1.807, 2.05) is 32.9 Å². The van der Waals surface area contributed by atoms with Crippen LogP contribution in [0.2, 0.25) is 0 Å². The average Bonchev–Trinajstić information content (AvgIpc) is 2.99. The number of halogens is 2. The summed E-state index contributed by atoms with van der Waals surface area (Å²) in [4.78, 5) is 4.34. The molecule has 5 nitrogen and oxygen atoms in total. The molecule has 25 heavy (non-hydrogen) atoms. The normalized spacial score (nSPS) is 13.7. The molecule has 0 amide bonds. The number of aryl methyl sites for hydroxylation is 1. The molecule has 1 aromatic heterocycles. The number of hydrogen-bond donors (Lipinski definition) is 3. The minimum Gasteiger partial charge on any atom is -0.464 e. The maximum absolute atomic E-state index is 13.7. The van der Waals surface area contributed by atoms with Crippen molar-refractivity contribution in [3.05, 3.63) is 59.3 Å². The summed E-state index contributed by atoms with van der Waals surface area (Å²) in [6, 6.07) is 9.90. The second kappa shape index (κ2) is 10.4. The highest BCUT2D eigenvalue weighted by Crippen LogP contribution is 2.17. The van der Waals surface area contributed by atoms with Crippen molar-refractivity contribution in [3.63, 3.8) is 0 Å². The molecular weight excluding hydrogens is 436 g/mol. The predicted molar refractivity (Wildman–Crippen MR) is 108 cm³/mol. The molecule has 0 aliphatic carbocycles. The van der Waals surface area contributed by atoms with E-state index in [2.05, 4.69) is 15.6 Å². The van der Waals surface area contributed by atoms with Gasteiger partial charge in [0.2, 0.25) is 0 Å². The molecule has 0 aliphatic rings. The molecule has 2 aromatic rings. The molecule has 1 aromatic carbocycles. The van der Waals surface area contributed by atoms with Gasteiger partial charge in [0.1, 0.15) is 23.4 Å². The Morgan fingerprint density at radius 1 is 1.28 bits per heavy atom. The first-order valence-electron chi connectivity index (χ1n) is 8.05. The van der Waals surface area contributed by atoms with Gasteiger partial charge in [-0.25, -0.2) is 4.39 Å². The van der Waals surface area contributed by atoms with E-state index in [1.165, 1.54) is 6.07 Å². The first-order chi connectivity index (χ1) is 11.5. The Morgan fingerprint density at radius 3 is 2.60 bits per heavy atom. The molecule has 0 saturated carbocycles. The number of guanidine groups is 1. The highest BCUT2D eigenvalue weighted by molar-refractivity contribution is 14.0. The number of nitrogens with one attached hydrogen (secondary N) is 2. The summed E-state index contributed by atoms with van der Waals surface area (Å²) in [6.45, 7) is 6.52. The summed E-state index contributed by atoms with van der Waals surface area (Å²) in [5.74, 6) is 1.75. The molecule has 2 unspecified atom stereocenters. The lowest BCUT2D eigenvalue weighted by Crippen LogP contribution is -2.39. The van der Waals surface area contributed by atoms with Gasteiger partial charge in [0.15, 0.2) is 5.96 Å². The van der Waals surface area contributed by atoms with Crippen molar-refractivity contribution in [3.8, 4) is 0 Å². The topological polar surface area (TPSA) is 69.8 Å². The summed E-state index contributed by atoms with van der Waals surface area (Å²) in [5.41, 5.74) is 0.242. The van der Waals surface area contributed by atoms with Crippen LogP contribution in [0.15, 0.2) is 45.8 Å². The van der Waals surface area contributed by atoms with Gasteiger partial charge < -0.3 is 20.2 Å². The number of hydrogen-bond acceptors (Lipinski definition) is 3. The minimum atomic E-state index is -0.997. The second-order valence-corrected chi connectivity index (χ2v) is 5.57. The number of aliphatic hydroxyl groups excluding tert-OH is 1. The third-order valence-electron chi connectivity index (χ3n) is 3.57. The highest BCUT2D eigenvalue weighted by atomic mass is 127. The molecule has 138 valence electrons. The van der Waals surface area contributed by atoms with E-state index in [-0.39, 0.29) is 42.1 Å². The Morgan fingerprint density at radius 2 is 2.00 bits per heavy atom. The Balaban J connectivity index is 0.00000312. The van der Waals surface area contributed by atoms with Gasteiger partial charge in [-0.1, -0.05) is 18.2 Å². The van der Waals surface area contributed by atoms with Gasteiger partial charge in [-0.3, -0.25) is 4.99 Å². The number of furan rings is 1. The van der Waals surface area contributed by atoms with Crippen LogP contribution in [0.3, 0.4) is 0 Å². The lowest BCUT2D eigenvalue weighted by atomic mass is 10.1. The average molecular weight is 461 g/mol. The number of nitrogens with zero attached hydrogens (tertiary/aromatic N) is 1. The van der Waals surface area contributed by atoms with E-state index < -0.39 is 11.9 Å². The maximum atomic E-state index is 13.7. The van der Waals surface area contributed by atoms with Gasteiger partial charge in [-0.05, 0) is 39.0 Å². The van der Waals surface area contributed by atoms with Crippen LogP contribution in [0, 0.1) is 12.7 Å².